The standard InChI is InChI=1S/C19H25N3O2/c23-18-14-21(11-10-20-8-4-1-5-9-20)19(24)17-12-15-6-2-3-7-16(15)13-22(17)18/h2-3,6-7,17H,1,4-5,8-14H2/t17-/m0/s1. The monoisotopic (exact) mass is 327 g/mol. The molecule has 2 fully saturated rings. The van der Waals surface area contributed by atoms with E-state index in [-0.39, 0.29) is 24.4 Å². The summed E-state index contributed by atoms with van der Waals surface area (Å²) in [5, 5.41) is 0. The molecule has 0 bridgehead atoms. The molecule has 1 aromatic rings. The molecule has 0 aliphatic carbocycles. The Morgan fingerprint density at radius 1 is 0.917 bits per heavy atom. The average molecular weight is 327 g/mol. The highest BCUT2D eigenvalue weighted by Gasteiger charge is 2.41. The van der Waals surface area contributed by atoms with Crippen LogP contribution in [0.2, 0.25) is 0 Å². The lowest BCUT2D eigenvalue weighted by Crippen LogP contribution is -2.62. The van der Waals surface area contributed by atoms with Gasteiger partial charge in [0.15, 0.2) is 0 Å². The van der Waals surface area contributed by atoms with Crippen molar-refractivity contribution in [1.29, 1.82) is 0 Å². The third-order valence-corrected chi connectivity index (χ3v) is 5.63. The Hall–Kier alpha value is -1.88. The zero-order valence-electron chi connectivity index (χ0n) is 14.1. The lowest BCUT2D eigenvalue weighted by molar-refractivity contribution is -0.157. The summed E-state index contributed by atoms with van der Waals surface area (Å²) >= 11 is 0. The summed E-state index contributed by atoms with van der Waals surface area (Å²) in [5.41, 5.74) is 2.38. The van der Waals surface area contributed by atoms with Crippen molar-refractivity contribution in [3.63, 3.8) is 0 Å². The predicted molar refractivity (Wildman–Crippen MR) is 91.4 cm³/mol. The molecule has 128 valence electrons. The van der Waals surface area contributed by atoms with Gasteiger partial charge < -0.3 is 14.7 Å². The molecule has 3 heterocycles. The molecule has 0 radical (unpaired) electrons. The first-order valence-corrected chi connectivity index (χ1v) is 9.10. The Kier molecular flexibility index (Phi) is 4.27. The maximum absolute atomic E-state index is 12.9. The fourth-order valence-electron chi connectivity index (χ4n) is 4.18. The van der Waals surface area contributed by atoms with Gasteiger partial charge in [0.2, 0.25) is 11.8 Å². The first-order chi connectivity index (χ1) is 11.7. The maximum atomic E-state index is 12.9. The molecular weight excluding hydrogens is 302 g/mol. The number of amides is 2. The predicted octanol–water partition coefficient (Wildman–Crippen LogP) is 1.27. The van der Waals surface area contributed by atoms with Gasteiger partial charge in [-0.3, -0.25) is 9.59 Å². The van der Waals surface area contributed by atoms with E-state index in [0.29, 0.717) is 19.5 Å². The summed E-state index contributed by atoms with van der Waals surface area (Å²) in [6, 6.07) is 7.85. The van der Waals surface area contributed by atoms with Gasteiger partial charge in [-0.1, -0.05) is 30.7 Å². The molecule has 5 heteroatoms. The summed E-state index contributed by atoms with van der Waals surface area (Å²) in [6.45, 7) is 4.63. The summed E-state index contributed by atoms with van der Waals surface area (Å²) in [4.78, 5) is 31.4. The van der Waals surface area contributed by atoms with Crippen molar-refractivity contribution < 1.29 is 9.59 Å². The summed E-state index contributed by atoms with van der Waals surface area (Å²) < 4.78 is 0. The molecule has 1 atom stereocenters. The van der Waals surface area contributed by atoms with Crippen LogP contribution in [0.4, 0.5) is 0 Å². The first kappa shape index (κ1) is 15.6. The molecule has 2 saturated heterocycles. The van der Waals surface area contributed by atoms with E-state index in [2.05, 4.69) is 17.0 Å². The van der Waals surface area contributed by atoms with E-state index in [9.17, 15) is 9.59 Å². The van der Waals surface area contributed by atoms with Crippen LogP contribution in [0.3, 0.4) is 0 Å². The largest absolute Gasteiger partial charge is 0.330 e. The minimum Gasteiger partial charge on any atom is -0.330 e. The average Bonchev–Trinajstić information content (AvgIpc) is 2.63. The molecular formula is C19H25N3O2. The number of hydrogen-bond donors (Lipinski definition) is 0. The van der Waals surface area contributed by atoms with Crippen molar-refractivity contribution in [2.45, 2.75) is 38.3 Å². The SMILES string of the molecule is O=C1[C@@H]2Cc3ccccc3CN2C(=O)CN1CCN1CCCCC1. The number of piperazine rings is 1. The van der Waals surface area contributed by atoms with Gasteiger partial charge in [-0.2, -0.15) is 0 Å². The third kappa shape index (κ3) is 2.93. The molecule has 3 aliphatic rings. The Labute approximate surface area is 143 Å². The second kappa shape index (κ2) is 6.55. The van der Waals surface area contributed by atoms with Gasteiger partial charge in [0.25, 0.3) is 0 Å². The highest BCUT2D eigenvalue weighted by molar-refractivity contribution is 5.95. The van der Waals surface area contributed by atoms with Crippen molar-refractivity contribution in [2.24, 2.45) is 0 Å². The van der Waals surface area contributed by atoms with Crippen molar-refractivity contribution in [1.82, 2.24) is 14.7 Å². The van der Waals surface area contributed by atoms with Crippen LogP contribution in [0.5, 0.6) is 0 Å². The van der Waals surface area contributed by atoms with Crippen LogP contribution in [-0.4, -0.2) is 65.3 Å². The number of likely N-dealkylation sites (tertiary alicyclic amines) is 1. The third-order valence-electron chi connectivity index (χ3n) is 5.63. The van der Waals surface area contributed by atoms with Crippen molar-refractivity contribution >= 4 is 11.8 Å². The molecule has 0 saturated carbocycles. The van der Waals surface area contributed by atoms with E-state index in [1.165, 1.54) is 30.4 Å². The van der Waals surface area contributed by atoms with E-state index in [1.807, 2.05) is 12.1 Å². The van der Waals surface area contributed by atoms with Gasteiger partial charge in [-0.25, -0.2) is 0 Å². The number of hydrogen-bond acceptors (Lipinski definition) is 3. The number of piperidine rings is 1. The van der Waals surface area contributed by atoms with Crippen LogP contribution in [-0.2, 0) is 22.6 Å². The maximum Gasteiger partial charge on any atom is 0.246 e. The Bertz CT molecular complexity index is 639. The number of rotatable bonds is 3. The van der Waals surface area contributed by atoms with Crippen molar-refractivity contribution in [3.05, 3.63) is 35.4 Å². The van der Waals surface area contributed by atoms with Gasteiger partial charge in [0.05, 0.1) is 6.54 Å². The molecule has 1 aromatic carbocycles. The van der Waals surface area contributed by atoms with Gasteiger partial charge in [-0.05, 0) is 37.1 Å². The number of nitrogens with zero attached hydrogens (tertiary/aromatic N) is 3. The molecule has 0 aromatic heterocycles. The quantitative estimate of drug-likeness (QED) is 0.840. The zero-order chi connectivity index (χ0) is 16.5. The molecule has 2 amide bonds. The lowest BCUT2D eigenvalue weighted by Gasteiger charge is -2.43. The topological polar surface area (TPSA) is 43.9 Å². The molecule has 4 rings (SSSR count). The van der Waals surface area contributed by atoms with E-state index >= 15 is 0 Å². The van der Waals surface area contributed by atoms with E-state index in [0.717, 1.165) is 19.6 Å². The van der Waals surface area contributed by atoms with Crippen LogP contribution in [0.15, 0.2) is 24.3 Å². The smallest absolute Gasteiger partial charge is 0.246 e. The van der Waals surface area contributed by atoms with E-state index in [1.54, 1.807) is 9.80 Å². The zero-order valence-corrected chi connectivity index (χ0v) is 14.1. The fraction of sp³-hybridized carbons (Fsp3) is 0.579. The fourth-order valence-corrected chi connectivity index (χ4v) is 4.18. The normalized spacial score (nSPS) is 24.8. The Morgan fingerprint density at radius 2 is 1.67 bits per heavy atom. The highest BCUT2D eigenvalue weighted by atomic mass is 16.2. The molecule has 24 heavy (non-hydrogen) atoms. The molecule has 0 N–H and O–H groups in total. The Balaban J connectivity index is 1.44. The molecule has 0 unspecified atom stereocenters. The van der Waals surface area contributed by atoms with Crippen LogP contribution < -0.4 is 0 Å². The van der Waals surface area contributed by atoms with Crippen LogP contribution in [0.25, 0.3) is 0 Å². The number of fused-ring (bicyclic) bond motifs is 2. The van der Waals surface area contributed by atoms with Gasteiger partial charge in [0, 0.05) is 26.1 Å². The Morgan fingerprint density at radius 3 is 2.46 bits per heavy atom. The number of carbonyl (C=O) groups excluding carboxylic acids is 2. The van der Waals surface area contributed by atoms with Crippen LogP contribution in [0, 0.1) is 0 Å². The van der Waals surface area contributed by atoms with Gasteiger partial charge >= 0.3 is 0 Å². The summed E-state index contributed by atoms with van der Waals surface area (Å²) in [6.07, 6.45) is 4.47. The summed E-state index contributed by atoms with van der Waals surface area (Å²) in [7, 11) is 0. The number of carbonyl (C=O) groups is 2. The van der Waals surface area contributed by atoms with Gasteiger partial charge in [-0.15, -0.1) is 0 Å². The van der Waals surface area contributed by atoms with Crippen LogP contribution >= 0.6 is 0 Å². The summed E-state index contributed by atoms with van der Waals surface area (Å²) in [5.74, 6) is 0.217. The molecule has 5 nitrogen and oxygen atoms in total. The van der Waals surface area contributed by atoms with Gasteiger partial charge in [0.1, 0.15) is 6.04 Å². The van der Waals surface area contributed by atoms with Crippen molar-refractivity contribution in [2.75, 3.05) is 32.7 Å². The number of benzene rings is 1. The first-order valence-electron chi connectivity index (χ1n) is 9.10. The highest BCUT2D eigenvalue weighted by Crippen LogP contribution is 2.27. The second-order valence-electron chi connectivity index (χ2n) is 7.17. The molecule has 0 spiro atoms. The van der Waals surface area contributed by atoms with E-state index in [4.69, 9.17) is 0 Å². The second-order valence-corrected chi connectivity index (χ2v) is 7.17. The minimum absolute atomic E-state index is 0.0905. The van der Waals surface area contributed by atoms with Crippen molar-refractivity contribution in [3.8, 4) is 0 Å². The van der Waals surface area contributed by atoms with E-state index < -0.39 is 0 Å². The van der Waals surface area contributed by atoms with Crippen LogP contribution in [0.1, 0.15) is 30.4 Å². The minimum atomic E-state index is -0.303. The lowest BCUT2D eigenvalue weighted by atomic mass is 9.91. The molecule has 3 aliphatic heterocycles.